The molecule has 0 aliphatic carbocycles. The van der Waals surface area contributed by atoms with Crippen molar-refractivity contribution in [2.75, 3.05) is 13.7 Å². The minimum Gasteiger partial charge on any atom is -0.496 e. The van der Waals surface area contributed by atoms with E-state index in [0.717, 1.165) is 11.3 Å². The highest BCUT2D eigenvalue weighted by Gasteiger charge is 2.51. The van der Waals surface area contributed by atoms with Crippen molar-refractivity contribution >= 4 is 24.8 Å². The van der Waals surface area contributed by atoms with Gasteiger partial charge in [0.25, 0.3) is 8.32 Å². The lowest BCUT2D eigenvalue weighted by atomic mass is 10.0. The van der Waals surface area contributed by atoms with E-state index < -0.39 is 20.5 Å². The number of carbonyl (C=O) groups excluding carboxylic acids is 1. The number of rotatable bonds is 8. The van der Waals surface area contributed by atoms with E-state index in [1.807, 2.05) is 36.4 Å². The fourth-order valence-electron chi connectivity index (χ4n) is 4.91. The Morgan fingerprint density at radius 2 is 1.44 bits per heavy atom. The van der Waals surface area contributed by atoms with Crippen molar-refractivity contribution in [2.24, 2.45) is 0 Å². The summed E-state index contributed by atoms with van der Waals surface area (Å²) in [6, 6.07) is 28.6. The second-order valence-electron chi connectivity index (χ2n) is 9.68. The van der Waals surface area contributed by atoms with Crippen LogP contribution in [0.2, 0.25) is 5.04 Å². The van der Waals surface area contributed by atoms with Gasteiger partial charge in [-0.25, -0.2) is 4.79 Å². The van der Waals surface area contributed by atoms with Gasteiger partial charge in [0.05, 0.1) is 19.8 Å². The molecule has 0 unspecified atom stereocenters. The number of amides is 1. The van der Waals surface area contributed by atoms with Gasteiger partial charge < -0.3 is 19.2 Å². The largest absolute Gasteiger partial charge is 0.496 e. The fraction of sp³-hybridized carbons (Fsp3) is 0.321. The summed E-state index contributed by atoms with van der Waals surface area (Å²) >= 11 is 0. The lowest BCUT2D eigenvalue weighted by molar-refractivity contribution is 0.0882. The highest BCUT2D eigenvalue weighted by molar-refractivity contribution is 6.99. The van der Waals surface area contributed by atoms with E-state index in [9.17, 15) is 4.79 Å². The van der Waals surface area contributed by atoms with Crippen LogP contribution in [0.15, 0.2) is 84.9 Å². The van der Waals surface area contributed by atoms with Gasteiger partial charge in [-0.1, -0.05) is 99.6 Å². The van der Waals surface area contributed by atoms with E-state index in [4.69, 9.17) is 13.9 Å². The van der Waals surface area contributed by atoms with Gasteiger partial charge in [0, 0.05) is 6.42 Å². The lowest BCUT2D eigenvalue weighted by Crippen LogP contribution is -2.67. The molecule has 4 rings (SSSR count). The van der Waals surface area contributed by atoms with Crippen molar-refractivity contribution in [3.63, 3.8) is 0 Å². The van der Waals surface area contributed by atoms with Crippen LogP contribution in [-0.2, 0) is 15.6 Å². The van der Waals surface area contributed by atoms with Crippen LogP contribution in [0.1, 0.15) is 26.3 Å². The van der Waals surface area contributed by atoms with Gasteiger partial charge in [0.2, 0.25) is 0 Å². The van der Waals surface area contributed by atoms with Crippen molar-refractivity contribution in [3.8, 4) is 5.75 Å². The number of cyclic esters (lactones) is 1. The van der Waals surface area contributed by atoms with Crippen molar-refractivity contribution in [1.29, 1.82) is 0 Å². The molecule has 178 valence electrons. The van der Waals surface area contributed by atoms with Crippen LogP contribution in [0.3, 0.4) is 0 Å². The van der Waals surface area contributed by atoms with Gasteiger partial charge in [0.15, 0.2) is 0 Å². The minimum atomic E-state index is -2.72. The predicted octanol–water partition coefficient (Wildman–Crippen LogP) is 4.29. The van der Waals surface area contributed by atoms with Crippen LogP contribution in [0, 0.1) is 0 Å². The molecule has 1 saturated heterocycles. The highest BCUT2D eigenvalue weighted by Crippen LogP contribution is 2.37. The summed E-state index contributed by atoms with van der Waals surface area (Å²) in [6.45, 7) is 7.03. The Labute approximate surface area is 203 Å². The van der Waals surface area contributed by atoms with Crippen molar-refractivity contribution < 1.29 is 18.7 Å². The molecule has 1 N–H and O–H groups in total. The molecule has 6 heteroatoms. The van der Waals surface area contributed by atoms with Crippen LogP contribution in [0.4, 0.5) is 4.79 Å². The third-order valence-electron chi connectivity index (χ3n) is 6.52. The second-order valence-corrected chi connectivity index (χ2v) is 14.0. The molecule has 1 fully saturated rings. The summed E-state index contributed by atoms with van der Waals surface area (Å²) in [5.74, 6) is 0.801. The standard InChI is InChI=1S/C28H33NO4Si/c1-28(2,3)34(22-14-7-5-8-15-22,23-16-9-6-10-17-23)32-20-26-24(29-27(30)33-26)19-21-13-11-12-18-25(21)31-4/h5-18,24,26H,19-20H2,1-4H3,(H,29,30)/t24-,26-/m1/s1. The monoisotopic (exact) mass is 475 g/mol. The van der Waals surface area contributed by atoms with Crippen LogP contribution in [-0.4, -0.2) is 40.3 Å². The first-order chi connectivity index (χ1) is 16.3. The second kappa shape index (κ2) is 10.0. The first-order valence-corrected chi connectivity index (χ1v) is 13.6. The lowest BCUT2D eigenvalue weighted by Gasteiger charge is -2.43. The van der Waals surface area contributed by atoms with Gasteiger partial charge in [-0.2, -0.15) is 0 Å². The first-order valence-electron chi connectivity index (χ1n) is 11.7. The summed E-state index contributed by atoms with van der Waals surface area (Å²) in [5, 5.41) is 5.23. The Hall–Kier alpha value is -3.09. The molecule has 0 radical (unpaired) electrons. The molecule has 1 amide bonds. The number of benzene rings is 3. The van der Waals surface area contributed by atoms with E-state index in [1.54, 1.807) is 7.11 Å². The number of carbonyl (C=O) groups is 1. The predicted molar refractivity (Wildman–Crippen MR) is 137 cm³/mol. The number of methoxy groups -OCH3 is 1. The van der Waals surface area contributed by atoms with Gasteiger partial charge in [-0.05, 0) is 27.0 Å². The molecule has 2 atom stereocenters. The Morgan fingerprint density at radius 1 is 0.882 bits per heavy atom. The van der Waals surface area contributed by atoms with Crippen LogP contribution in [0.5, 0.6) is 5.75 Å². The molecule has 0 spiro atoms. The van der Waals surface area contributed by atoms with Crippen molar-refractivity contribution in [3.05, 3.63) is 90.5 Å². The maximum absolute atomic E-state index is 12.3. The topological polar surface area (TPSA) is 56.8 Å². The van der Waals surface area contributed by atoms with E-state index in [0.29, 0.717) is 13.0 Å². The molecule has 0 saturated carbocycles. The number of para-hydroxylation sites is 1. The van der Waals surface area contributed by atoms with Crippen LogP contribution < -0.4 is 20.4 Å². The third kappa shape index (κ3) is 4.74. The summed E-state index contributed by atoms with van der Waals surface area (Å²) in [5.41, 5.74) is 1.02. The smallest absolute Gasteiger partial charge is 0.407 e. The molecule has 1 aliphatic rings. The number of nitrogens with one attached hydrogen (secondary N) is 1. The Kier molecular flexibility index (Phi) is 7.10. The quantitative estimate of drug-likeness (QED) is 0.494. The van der Waals surface area contributed by atoms with Crippen LogP contribution in [0.25, 0.3) is 0 Å². The molecule has 0 bridgehead atoms. The molecular formula is C28H33NO4Si. The summed E-state index contributed by atoms with van der Waals surface area (Å²) in [4.78, 5) is 12.3. The van der Waals surface area contributed by atoms with E-state index >= 15 is 0 Å². The molecule has 1 aliphatic heterocycles. The van der Waals surface area contributed by atoms with Crippen molar-refractivity contribution in [2.45, 2.75) is 44.4 Å². The molecule has 0 aromatic heterocycles. The SMILES string of the molecule is COc1ccccc1C[C@H]1NC(=O)O[C@@H]1CO[Si](c1ccccc1)(c1ccccc1)C(C)(C)C. The first kappa shape index (κ1) is 24.0. The fourth-order valence-corrected chi connectivity index (χ4v) is 9.48. The molecule has 3 aromatic rings. The maximum Gasteiger partial charge on any atom is 0.407 e. The number of ether oxygens (including phenoxy) is 2. The third-order valence-corrected chi connectivity index (χ3v) is 11.5. The van der Waals surface area contributed by atoms with E-state index in [2.05, 4.69) is 74.6 Å². The number of hydrogen-bond acceptors (Lipinski definition) is 4. The summed E-state index contributed by atoms with van der Waals surface area (Å²) < 4.78 is 18.2. The molecule has 5 nitrogen and oxygen atoms in total. The zero-order chi connectivity index (χ0) is 24.2. The minimum absolute atomic E-state index is 0.149. The summed E-state index contributed by atoms with van der Waals surface area (Å²) in [7, 11) is -1.06. The van der Waals surface area contributed by atoms with Crippen LogP contribution >= 0.6 is 0 Å². The molecule has 1 heterocycles. The molecule has 3 aromatic carbocycles. The molecular weight excluding hydrogens is 442 g/mol. The summed E-state index contributed by atoms with van der Waals surface area (Å²) in [6.07, 6.45) is -0.208. The van der Waals surface area contributed by atoms with Gasteiger partial charge in [-0.15, -0.1) is 0 Å². The van der Waals surface area contributed by atoms with E-state index in [1.165, 1.54) is 10.4 Å². The Bertz CT molecular complexity index is 1060. The Morgan fingerprint density at radius 3 is 2.00 bits per heavy atom. The highest BCUT2D eigenvalue weighted by atomic mass is 28.4. The van der Waals surface area contributed by atoms with Crippen molar-refractivity contribution in [1.82, 2.24) is 5.32 Å². The average molecular weight is 476 g/mol. The Balaban J connectivity index is 1.66. The number of hydrogen-bond donors (Lipinski definition) is 1. The number of alkyl carbamates (subject to hydrolysis) is 1. The normalized spacial score (nSPS) is 18.3. The maximum atomic E-state index is 12.3. The van der Waals surface area contributed by atoms with Gasteiger partial charge in [-0.3, -0.25) is 0 Å². The van der Waals surface area contributed by atoms with Gasteiger partial charge >= 0.3 is 6.09 Å². The van der Waals surface area contributed by atoms with Gasteiger partial charge in [0.1, 0.15) is 11.9 Å². The zero-order valence-electron chi connectivity index (χ0n) is 20.3. The average Bonchev–Trinajstić information content (AvgIpc) is 3.19. The van der Waals surface area contributed by atoms with E-state index in [-0.39, 0.29) is 11.1 Å². The zero-order valence-corrected chi connectivity index (χ0v) is 21.3. The molecule has 34 heavy (non-hydrogen) atoms.